The summed E-state index contributed by atoms with van der Waals surface area (Å²) in [6, 6.07) is 3.77. The minimum Gasteiger partial charge on any atom is -0.480 e. The topological polar surface area (TPSA) is 161 Å². The number of imide groups is 1. The number of nitrogens with one attached hydrogen (secondary N) is 2. The number of hydrazone groups is 1. The van der Waals surface area contributed by atoms with Crippen LogP contribution in [0.25, 0.3) is 0 Å². The zero-order valence-corrected chi connectivity index (χ0v) is 22.3. The molecule has 3 saturated heterocycles. The van der Waals surface area contributed by atoms with Gasteiger partial charge >= 0.3 is 18.0 Å². The lowest BCUT2D eigenvalue weighted by Gasteiger charge is -2.44. The molecule has 206 valence electrons. The largest absolute Gasteiger partial charge is 0.480 e. The summed E-state index contributed by atoms with van der Waals surface area (Å²) in [5.41, 5.74) is 0.442. The van der Waals surface area contributed by atoms with Crippen molar-refractivity contribution in [1.82, 2.24) is 25.4 Å². The minimum atomic E-state index is -1.22. The zero-order valence-electron chi connectivity index (χ0n) is 21.4. The van der Waals surface area contributed by atoms with E-state index in [0.29, 0.717) is 5.56 Å². The van der Waals surface area contributed by atoms with Crippen molar-refractivity contribution < 1.29 is 33.8 Å². The van der Waals surface area contributed by atoms with Gasteiger partial charge in [-0.15, -0.1) is 16.9 Å². The molecule has 1 aromatic rings. The van der Waals surface area contributed by atoms with Gasteiger partial charge in [0.25, 0.3) is 0 Å². The van der Waals surface area contributed by atoms with E-state index in [2.05, 4.69) is 15.7 Å². The number of carboxylic acid groups (broad SMARTS) is 1. The number of carboxylic acids is 1. The normalized spacial score (nSPS) is 28.7. The summed E-state index contributed by atoms with van der Waals surface area (Å²) in [7, 11) is 0. The van der Waals surface area contributed by atoms with Crippen LogP contribution < -0.4 is 10.6 Å². The van der Waals surface area contributed by atoms with E-state index in [-0.39, 0.29) is 25.1 Å². The zero-order chi connectivity index (χ0) is 28.1. The highest BCUT2D eigenvalue weighted by molar-refractivity contribution is 8.01. The fourth-order valence-corrected chi connectivity index (χ4v) is 6.62. The van der Waals surface area contributed by atoms with Gasteiger partial charge in [0.1, 0.15) is 29.6 Å². The lowest BCUT2D eigenvalue weighted by atomic mass is 9.95. The van der Waals surface area contributed by atoms with Crippen molar-refractivity contribution in [2.75, 3.05) is 13.1 Å². The maximum Gasteiger partial charge on any atom is 0.348 e. The van der Waals surface area contributed by atoms with E-state index in [4.69, 9.17) is 4.74 Å². The third-order valence-corrected chi connectivity index (χ3v) is 8.48. The molecule has 5 rings (SSSR count). The molecule has 0 radical (unpaired) electrons. The number of hydrogen-bond donors (Lipinski definition) is 3. The number of nitrogens with zero attached hydrogens (tertiary/aromatic N) is 4. The molecule has 5 atom stereocenters. The smallest absolute Gasteiger partial charge is 0.348 e. The second-order valence-electron chi connectivity index (χ2n) is 10.1. The molecule has 0 aliphatic carbocycles. The van der Waals surface area contributed by atoms with Crippen molar-refractivity contribution in [3.8, 4) is 0 Å². The number of benzene rings is 1. The van der Waals surface area contributed by atoms with Crippen LogP contribution in [0.15, 0.2) is 47.6 Å². The fraction of sp³-hybridized carbons (Fsp3) is 0.440. The van der Waals surface area contributed by atoms with Gasteiger partial charge in [-0.1, -0.05) is 30.3 Å². The van der Waals surface area contributed by atoms with Crippen molar-refractivity contribution >= 4 is 47.5 Å². The standard InChI is InChI=1S/C25H28N6O7S/c1-13-9-10-15(38-13)28-30-12-11-29(24(30)37)23(36)27-16(14-7-5-4-6-8-14)19(32)26-17-20(33)31-18(22(34)35)25(2,3)39-21(17)31/h4-10,13,16-18,21H,11-12H2,1-3H3,(H,26,32)(H,27,36)(H,34,35)/t13?,16?,17-,18+,21-/m1/s1. The van der Waals surface area contributed by atoms with E-state index in [1.54, 1.807) is 56.3 Å². The van der Waals surface area contributed by atoms with Crippen LogP contribution in [0.2, 0.25) is 0 Å². The number of hydrogen-bond acceptors (Lipinski definition) is 8. The Morgan fingerprint density at radius 2 is 1.90 bits per heavy atom. The molecule has 3 fully saturated rings. The van der Waals surface area contributed by atoms with E-state index in [1.165, 1.54) is 16.7 Å². The molecule has 4 aliphatic rings. The Morgan fingerprint density at radius 1 is 1.18 bits per heavy atom. The van der Waals surface area contributed by atoms with Gasteiger partial charge in [-0.2, -0.15) is 0 Å². The number of β-lactam (4-membered cyclic amide) rings is 1. The number of rotatable bonds is 6. The predicted molar refractivity (Wildman–Crippen MR) is 139 cm³/mol. The molecule has 0 bridgehead atoms. The third-order valence-electron chi connectivity index (χ3n) is 6.90. The number of carbonyl (C=O) groups excluding carboxylic acids is 4. The Kier molecular flexibility index (Phi) is 6.74. The fourth-order valence-electron chi connectivity index (χ4n) is 5.00. The van der Waals surface area contributed by atoms with Gasteiger partial charge < -0.3 is 25.4 Å². The minimum absolute atomic E-state index is 0.0459. The summed E-state index contributed by atoms with van der Waals surface area (Å²) in [5, 5.41) is 19.6. The van der Waals surface area contributed by atoms with Crippen molar-refractivity contribution in [1.29, 1.82) is 0 Å². The Bertz CT molecular complexity index is 1280. The predicted octanol–water partition coefficient (Wildman–Crippen LogP) is 1.10. The highest BCUT2D eigenvalue weighted by atomic mass is 32.2. The van der Waals surface area contributed by atoms with Gasteiger partial charge in [0.2, 0.25) is 17.7 Å². The molecule has 39 heavy (non-hydrogen) atoms. The highest BCUT2D eigenvalue weighted by Gasteiger charge is 2.64. The van der Waals surface area contributed by atoms with E-state index >= 15 is 0 Å². The number of amides is 6. The number of fused-ring (bicyclic) bond motifs is 1. The van der Waals surface area contributed by atoms with Gasteiger partial charge in [0, 0.05) is 10.8 Å². The van der Waals surface area contributed by atoms with Crippen molar-refractivity contribution in [3.05, 3.63) is 48.0 Å². The first-order valence-electron chi connectivity index (χ1n) is 12.4. The molecular formula is C25H28N6O7S. The third kappa shape index (κ3) is 4.80. The summed E-state index contributed by atoms with van der Waals surface area (Å²) in [5.74, 6) is -2.01. The van der Waals surface area contributed by atoms with E-state index in [0.717, 1.165) is 9.91 Å². The van der Waals surface area contributed by atoms with Gasteiger partial charge in [-0.3, -0.25) is 9.59 Å². The SMILES string of the molecule is CC1C=CC(=NN2CCN(C(=O)NC(C(=O)N[C@@H]3C(=O)N4[C@@H]3SC(C)(C)[C@@H]4C(=O)O)c3ccccc3)C2=O)O1. The number of urea groups is 2. The molecule has 6 amide bonds. The van der Waals surface area contributed by atoms with Crippen LogP contribution in [0.1, 0.15) is 32.4 Å². The highest BCUT2D eigenvalue weighted by Crippen LogP contribution is 2.50. The number of thioether (sulfide) groups is 1. The second kappa shape index (κ2) is 9.91. The Balaban J connectivity index is 1.29. The summed E-state index contributed by atoms with van der Waals surface area (Å²) >= 11 is 1.30. The van der Waals surface area contributed by atoms with Crippen LogP contribution in [0.5, 0.6) is 0 Å². The van der Waals surface area contributed by atoms with Crippen LogP contribution in [0, 0.1) is 0 Å². The van der Waals surface area contributed by atoms with Gasteiger partial charge in [0.15, 0.2) is 0 Å². The van der Waals surface area contributed by atoms with Gasteiger partial charge in [-0.05, 0) is 32.4 Å². The maximum absolute atomic E-state index is 13.4. The molecule has 0 saturated carbocycles. The first-order valence-corrected chi connectivity index (χ1v) is 13.3. The molecular weight excluding hydrogens is 528 g/mol. The summed E-state index contributed by atoms with van der Waals surface area (Å²) in [6.45, 7) is 5.50. The van der Waals surface area contributed by atoms with Crippen LogP contribution >= 0.6 is 11.8 Å². The second-order valence-corrected chi connectivity index (χ2v) is 11.8. The lowest BCUT2D eigenvalue weighted by Crippen LogP contribution is -2.71. The average Bonchev–Trinajstić information content (AvgIpc) is 3.55. The summed E-state index contributed by atoms with van der Waals surface area (Å²) < 4.78 is 4.70. The first-order chi connectivity index (χ1) is 18.5. The van der Waals surface area contributed by atoms with Crippen molar-refractivity contribution in [3.63, 3.8) is 0 Å². The molecule has 4 aliphatic heterocycles. The Morgan fingerprint density at radius 3 is 2.54 bits per heavy atom. The first kappa shape index (κ1) is 26.5. The molecule has 3 N–H and O–H groups in total. The monoisotopic (exact) mass is 556 g/mol. The Labute approximate surface area is 228 Å². The lowest BCUT2D eigenvalue weighted by molar-refractivity contribution is -0.161. The number of aliphatic carboxylic acids is 1. The average molecular weight is 557 g/mol. The van der Waals surface area contributed by atoms with Gasteiger partial charge in [0.05, 0.1) is 13.1 Å². The van der Waals surface area contributed by atoms with Gasteiger partial charge in [-0.25, -0.2) is 24.3 Å². The molecule has 2 unspecified atom stereocenters. The van der Waals surface area contributed by atoms with E-state index in [9.17, 15) is 29.1 Å². The summed E-state index contributed by atoms with van der Waals surface area (Å²) in [4.78, 5) is 66.3. The number of carbonyl (C=O) groups is 5. The van der Waals surface area contributed by atoms with Crippen LogP contribution in [0.4, 0.5) is 9.59 Å². The van der Waals surface area contributed by atoms with E-state index < -0.39 is 58.1 Å². The Hall–Kier alpha value is -4.07. The summed E-state index contributed by atoms with van der Waals surface area (Å²) in [6.07, 6.45) is 3.26. The molecule has 4 heterocycles. The number of ether oxygens (including phenoxy) is 1. The molecule has 1 aromatic carbocycles. The molecule has 13 nitrogen and oxygen atoms in total. The maximum atomic E-state index is 13.4. The van der Waals surface area contributed by atoms with Crippen LogP contribution in [-0.4, -0.2) is 97.1 Å². The van der Waals surface area contributed by atoms with Crippen LogP contribution in [0.3, 0.4) is 0 Å². The molecule has 14 heteroatoms. The van der Waals surface area contributed by atoms with E-state index in [1.807, 2.05) is 6.92 Å². The molecule has 0 spiro atoms. The van der Waals surface area contributed by atoms with Crippen molar-refractivity contribution in [2.24, 2.45) is 5.10 Å². The van der Waals surface area contributed by atoms with Crippen molar-refractivity contribution in [2.45, 2.75) is 55.1 Å². The quantitative estimate of drug-likeness (QED) is 0.439. The molecule has 0 aromatic heterocycles. The van der Waals surface area contributed by atoms with Crippen LogP contribution in [-0.2, 0) is 19.1 Å².